The normalized spacial score (nSPS) is 18.8. The zero-order valence-electron chi connectivity index (χ0n) is 17.1. The van der Waals surface area contributed by atoms with Crippen molar-refractivity contribution >= 4 is 18.0 Å². The van der Waals surface area contributed by atoms with Gasteiger partial charge in [-0.3, -0.25) is 4.79 Å². The van der Waals surface area contributed by atoms with Crippen LogP contribution < -0.4 is 5.32 Å². The average molecular weight is 390 g/mol. The summed E-state index contributed by atoms with van der Waals surface area (Å²) in [5.41, 5.74) is 0.283. The van der Waals surface area contributed by atoms with Crippen LogP contribution in [0.1, 0.15) is 45.6 Å². The van der Waals surface area contributed by atoms with Crippen LogP contribution in [0.4, 0.5) is 4.79 Å². The van der Waals surface area contributed by atoms with Gasteiger partial charge in [0, 0.05) is 13.0 Å². The molecule has 1 N–H and O–H groups in total. The number of hydrogen-bond donors (Lipinski definition) is 1. The summed E-state index contributed by atoms with van der Waals surface area (Å²) in [5.74, 6) is -0.746. The number of carbonyl (C=O) groups excluding carboxylic acids is 3. The van der Waals surface area contributed by atoms with Gasteiger partial charge in [0.2, 0.25) is 5.91 Å². The van der Waals surface area contributed by atoms with Crippen molar-refractivity contribution in [1.82, 2.24) is 10.2 Å². The lowest BCUT2D eigenvalue weighted by Crippen LogP contribution is -2.54. The van der Waals surface area contributed by atoms with E-state index in [2.05, 4.69) is 5.32 Å². The first-order valence-electron chi connectivity index (χ1n) is 9.63. The van der Waals surface area contributed by atoms with E-state index < -0.39 is 29.7 Å². The highest BCUT2D eigenvalue weighted by Crippen LogP contribution is 2.19. The summed E-state index contributed by atoms with van der Waals surface area (Å²) in [4.78, 5) is 39.3. The first-order chi connectivity index (χ1) is 13.2. The molecule has 1 heterocycles. The van der Waals surface area contributed by atoms with Gasteiger partial charge in [0.25, 0.3) is 0 Å². The minimum atomic E-state index is -0.735. The van der Waals surface area contributed by atoms with E-state index >= 15 is 0 Å². The van der Waals surface area contributed by atoms with Gasteiger partial charge in [-0.15, -0.1) is 0 Å². The first-order valence-corrected chi connectivity index (χ1v) is 9.63. The zero-order valence-corrected chi connectivity index (χ0v) is 17.1. The van der Waals surface area contributed by atoms with Crippen molar-refractivity contribution in [1.29, 1.82) is 0 Å². The largest absolute Gasteiger partial charge is 0.467 e. The SMILES string of the molecule is COC(=O)C(Cc1ccccc1)N1CCCCC(NC(=O)OC(C)(C)C)C1=O. The van der Waals surface area contributed by atoms with Gasteiger partial charge in [0.05, 0.1) is 7.11 Å². The average Bonchev–Trinajstić information content (AvgIpc) is 2.80. The smallest absolute Gasteiger partial charge is 0.408 e. The Bertz CT molecular complexity index is 684. The van der Waals surface area contributed by atoms with Crippen LogP contribution in [0.2, 0.25) is 0 Å². The van der Waals surface area contributed by atoms with Gasteiger partial charge in [-0.2, -0.15) is 0 Å². The summed E-state index contributed by atoms with van der Waals surface area (Å²) in [6.07, 6.45) is 1.75. The molecule has 0 aromatic heterocycles. The Labute approximate surface area is 166 Å². The van der Waals surface area contributed by atoms with E-state index in [1.807, 2.05) is 30.3 Å². The molecule has 0 saturated carbocycles. The number of carbonyl (C=O) groups is 3. The molecule has 2 atom stereocenters. The van der Waals surface area contributed by atoms with Crippen molar-refractivity contribution in [2.45, 2.75) is 64.1 Å². The number of nitrogens with zero attached hydrogens (tertiary/aromatic N) is 1. The number of alkyl carbamates (subject to hydrolysis) is 1. The molecule has 1 aromatic rings. The summed E-state index contributed by atoms with van der Waals surface area (Å²) in [7, 11) is 1.32. The predicted molar refractivity (Wildman–Crippen MR) is 105 cm³/mol. The molecule has 2 unspecified atom stereocenters. The Morgan fingerprint density at radius 1 is 1.21 bits per heavy atom. The molecule has 1 aromatic carbocycles. The summed E-state index contributed by atoms with van der Waals surface area (Å²) in [5, 5.41) is 2.67. The number of likely N-dealkylation sites (tertiary alicyclic amines) is 1. The van der Waals surface area contributed by atoms with Crippen LogP contribution in [0.3, 0.4) is 0 Å². The number of nitrogens with one attached hydrogen (secondary N) is 1. The van der Waals surface area contributed by atoms with Crippen molar-refractivity contribution in [3.05, 3.63) is 35.9 Å². The monoisotopic (exact) mass is 390 g/mol. The van der Waals surface area contributed by atoms with Gasteiger partial charge < -0.3 is 19.7 Å². The van der Waals surface area contributed by atoms with Gasteiger partial charge in [-0.05, 0) is 45.6 Å². The molecular weight excluding hydrogens is 360 g/mol. The van der Waals surface area contributed by atoms with Crippen LogP contribution in [-0.2, 0) is 25.5 Å². The molecule has 0 aliphatic carbocycles. The highest BCUT2D eigenvalue weighted by Gasteiger charge is 2.37. The van der Waals surface area contributed by atoms with E-state index in [9.17, 15) is 14.4 Å². The molecule has 154 valence electrons. The third-order valence-corrected chi connectivity index (χ3v) is 4.54. The van der Waals surface area contributed by atoms with E-state index in [1.165, 1.54) is 12.0 Å². The number of methoxy groups -OCH3 is 1. The maximum atomic E-state index is 13.1. The first kappa shape index (κ1) is 21.7. The Morgan fingerprint density at radius 2 is 1.89 bits per heavy atom. The Hall–Kier alpha value is -2.57. The number of ether oxygens (including phenoxy) is 2. The van der Waals surface area contributed by atoms with Crippen molar-refractivity contribution in [2.24, 2.45) is 0 Å². The van der Waals surface area contributed by atoms with Crippen molar-refractivity contribution in [2.75, 3.05) is 13.7 Å². The van der Waals surface area contributed by atoms with Crippen LogP contribution >= 0.6 is 0 Å². The maximum Gasteiger partial charge on any atom is 0.408 e. The zero-order chi connectivity index (χ0) is 20.7. The number of hydrogen-bond acceptors (Lipinski definition) is 5. The van der Waals surface area contributed by atoms with Gasteiger partial charge in [-0.25, -0.2) is 9.59 Å². The quantitative estimate of drug-likeness (QED) is 0.782. The molecular formula is C21H30N2O5. The number of amides is 2. The fraction of sp³-hybridized carbons (Fsp3) is 0.571. The lowest BCUT2D eigenvalue weighted by atomic mass is 10.0. The van der Waals surface area contributed by atoms with Crippen molar-refractivity contribution in [3.8, 4) is 0 Å². The lowest BCUT2D eigenvalue weighted by Gasteiger charge is -2.31. The topological polar surface area (TPSA) is 84.9 Å². The Morgan fingerprint density at radius 3 is 2.50 bits per heavy atom. The van der Waals surface area contributed by atoms with E-state index in [4.69, 9.17) is 9.47 Å². The van der Waals surface area contributed by atoms with Crippen LogP contribution in [-0.4, -0.2) is 54.2 Å². The van der Waals surface area contributed by atoms with Gasteiger partial charge in [0.1, 0.15) is 17.7 Å². The second kappa shape index (κ2) is 9.57. The summed E-state index contributed by atoms with van der Waals surface area (Å²) >= 11 is 0. The van der Waals surface area contributed by atoms with Gasteiger partial charge in [-0.1, -0.05) is 30.3 Å². The highest BCUT2D eigenvalue weighted by molar-refractivity contribution is 5.90. The van der Waals surface area contributed by atoms with E-state index in [-0.39, 0.29) is 5.91 Å². The molecule has 7 nitrogen and oxygen atoms in total. The van der Waals surface area contributed by atoms with Crippen molar-refractivity contribution < 1.29 is 23.9 Å². The maximum absolute atomic E-state index is 13.1. The lowest BCUT2D eigenvalue weighted by molar-refractivity contribution is -0.153. The molecule has 1 aliphatic heterocycles. The van der Waals surface area contributed by atoms with E-state index in [0.717, 1.165) is 18.4 Å². The molecule has 2 amide bonds. The third kappa shape index (κ3) is 6.25. The van der Waals surface area contributed by atoms with Crippen molar-refractivity contribution in [3.63, 3.8) is 0 Å². The van der Waals surface area contributed by atoms with Crippen LogP contribution in [0.5, 0.6) is 0 Å². The number of esters is 1. The molecule has 1 fully saturated rings. The minimum absolute atomic E-state index is 0.283. The molecule has 2 rings (SSSR count). The second-order valence-electron chi connectivity index (χ2n) is 7.95. The molecule has 7 heteroatoms. The molecule has 1 aliphatic rings. The Balaban J connectivity index is 2.18. The predicted octanol–water partition coefficient (Wildman–Crippen LogP) is 2.68. The molecule has 1 saturated heterocycles. The second-order valence-corrected chi connectivity index (χ2v) is 7.95. The van der Waals surface area contributed by atoms with E-state index in [0.29, 0.717) is 19.4 Å². The summed E-state index contributed by atoms with van der Waals surface area (Å²) < 4.78 is 10.2. The van der Waals surface area contributed by atoms with Crippen LogP contribution in [0, 0.1) is 0 Å². The third-order valence-electron chi connectivity index (χ3n) is 4.54. The molecule has 0 bridgehead atoms. The molecule has 28 heavy (non-hydrogen) atoms. The van der Waals surface area contributed by atoms with E-state index in [1.54, 1.807) is 20.8 Å². The highest BCUT2D eigenvalue weighted by atomic mass is 16.6. The fourth-order valence-electron chi connectivity index (χ4n) is 3.25. The minimum Gasteiger partial charge on any atom is -0.467 e. The number of benzene rings is 1. The summed E-state index contributed by atoms with van der Waals surface area (Å²) in [6, 6.07) is 8.04. The van der Waals surface area contributed by atoms with Gasteiger partial charge in [0.15, 0.2) is 0 Å². The number of rotatable bonds is 5. The Kier molecular flexibility index (Phi) is 7.43. The van der Waals surface area contributed by atoms with Crippen LogP contribution in [0.25, 0.3) is 0 Å². The molecule has 0 spiro atoms. The van der Waals surface area contributed by atoms with Gasteiger partial charge >= 0.3 is 12.1 Å². The fourth-order valence-corrected chi connectivity index (χ4v) is 3.25. The molecule has 0 radical (unpaired) electrons. The standard InChI is InChI=1S/C21H30N2O5/c1-21(2,3)28-20(26)22-16-12-8-9-13-23(18(16)24)17(19(25)27-4)14-15-10-6-5-7-11-15/h5-7,10-11,16-17H,8-9,12-14H2,1-4H3,(H,22,26). The van der Waals surface area contributed by atoms with Crippen LogP contribution in [0.15, 0.2) is 30.3 Å². The summed E-state index contributed by atoms with van der Waals surface area (Å²) in [6.45, 7) is 5.74.